The van der Waals surface area contributed by atoms with Crippen molar-refractivity contribution >= 4 is 28.2 Å². The summed E-state index contributed by atoms with van der Waals surface area (Å²) in [5, 5.41) is 15.0. The van der Waals surface area contributed by atoms with Gasteiger partial charge in [-0.05, 0) is 22.6 Å². The minimum absolute atomic E-state index is 0.582. The smallest absolute Gasteiger partial charge is 0.214 e. The molecule has 3 aromatic rings. The van der Waals surface area contributed by atoms with Crippen LogP contribution >= 0.6 is 23.1 Å². The molecule has 0 unspecified atom stereocenters. The number of nitrogens with two attached hydrogens (primary N) is 1. The van der Waals surface area contributed by atoms with E-state index in [4.69, 9.17) is 5.73 Å². The summed E-state index contributed by atoms with van der Waals surface area (Å²) >= 11 is 2.97. The fourth-order valence-corrected chi connectivity index (χ4v) is 2.98. The molecule has 96 valence electrons. The summed E-state index contributed by atoms with van der Waals surface area (Å²) in [5.41, 5.74) is 7.48. The van der Waals surface area contributed by atoms with Crippen LogP contribution in [0.4, 0.5) is 5.13 Å². The second-order valence-corrected chi connectivity index (χ2v) is 5.51. The van der Waals surface area contributed by atoms with E-state index in [0.717, 1.165) is 16.5 Å². The average Bonchev–Trinajstić information content (AvgIpc) is 3.06. The second-order valence-electron chi connectivity index (χ2n) is 3.67. The highest BCUT2D eigenvalue weighted by molar-refractivity contribution is 7.98. The van der Waals surface area contributed by atoms with Gasteiger partial charge in [0.2, 0.25) is 5.16 Å². The first-order chi connectivity index (χ1) is 9.33. The summed E-state index contributed by atoms with van der Waals surface area (Å²) in [7, 11) is 0. The fourth-order valence-electron chi connectivity index (χ4n) is 1.53. The van der Waals surface area contributed by atoms with Crippen molar-refractivity contribution in [1.29, 1.82) is 0 Å². The molecule has 0 aliphatic carbocycles. The molecule has 0 spiro atoms. The van der Waals surface area contributed by atoms with E-state index >= 15 is 0 Å². The van der Waals surface area contributed by atoms with Crippen molar-refractivity contribution < 1.29 is 0 Å². The Morgan fingerprint density at radius 3 is 2.84 bits per heavy atom. The van der Waals surface area contributed by atoms with E-state index in [1.165, 1.54) is 23.1 Å². The fraction of sp³-hybridized carbons (Fsp3) is 0.0909. The molecule has 0 saturated carbocycles. The summed E-state index contributed by atoms with van der Waals surface area (Å²) in [5.74, 6) is 0.695. The van der Waals surface area contributed by atoms with Crippen molar-refractivity contribution in [3.63, 3.8) is 0 Å². The number of rotatable bonds is 4. The van der Waals surface area contributed by atoms with Gasteiger partial charge in [-0.15, -0.1) is 16.4 Å². The quantitative estimate of drug-likeness (QED) is 0.740. The molecule has 8 heteroatoms. The first-order valence-electron chi connectivity index (χ1n) is 5.49. The van der Waals surface area contributed by atoms with Gasteiger partial charge in [0.25, 0.3) is 0 Å². The molecule has 2 heterocycles. The molecule has 0 aliphatic rings. The molecule has 2 N–H and O–H groups in total. The van der Waals surface area contributed by atoms with Crippen molar-refractivity contribution in [3.05, 3.63) is 41.4 Å². The second kappa shape index (κ2) is 5.37. The maximum absolute atomic E-state index is 5.60. The van der Waals surface area contributed by atoms with Gasteiger partial charge in [0.05, 0.1) is 11.4 Å². The third-order valence-electron chi connectivity index (χ3n) is 2.36. The number of hydrogen-bond acceptors (Lipinski definition) is 7. The molecular formula is C11H10N6S2. The van der Waals surface area contributed by atoms with Crippen LogP contribution in [0.15, 0.2) is 40.9 Å². The third kappa shape index (κ3) is 2.74. The van der Waals surface area contributed by atoms with Gasteiger partial charge in [-0.25, -0.2) is 4.98 Å². The Bertz CT molecular complexity index is 663. The van der Waals surface area contributed by atoms with Crippen LogP contribution in [0.2, 0.25) is 0 Å². The minimum atomic E-state index is 0.582. The molecule has 0 radical (unpaired) electrons. The molecular weight excluding hydrogens is 280 g/mol. The zero-order valence-corrected chi connectivity index (χ0v) is 11.4. The zero-order valence-electron chi connectivity index (χ0n) is 9.80. The molecule has 0 saturated heterocycles. The van der Waals surface area contributed by atoms with Crippen molar-refractivity contribution in [2.24, 2.45) is 0 Å². The lowest BCUT2D eigenvalue weighted by molar-refractivity contribution is 0.756. The predicted molar refractivity (Wildman–Crippen MR) is 75.2 cm³/mol. The topological polar surface area (TPSA) is 82.5 Å². The predicted octanol–water partition coefficient (Wildman–Crippen LogP) is 1.99. The highest BCUT2D eigenvalue weighted by atomic mass is 32.2. The Labute approximate surface area is 117 Å². The van der Waals surface area contributed by atoms with Gasteiger partial charge < -0.3 is 5.73 Å². The number of nitrogens with zero attached hydrogens (tertiary/aromatic N) is 5. The number of anilines is 1. The van der Waals surface area contributed by atoms with Gasteiger partial charge in [0, 0.05) is 11.1 Å². The molecule has 0 aliphatic heterocycles. The normalized spacial score (nSPS) is 10.7. The number of hydrogen-bond donors (Lipinski definition) is 1. The number of tetrazole rings is 1. The van der Waals surface area contributed by atoms with Crippen LogP contribution in [0, 0.1) is 0 Å². The summed E-state index contributed by atoms with van der Waals surface area (Å²) < 4.78 is 1.71. The lowest BCUT2D eigenvalue weighted by atomic mass is 10.3. The van der Waals surface area contributed by atoms with Crippen LogP contribution in [-0.2, 0) is 5.75 Å². The van der Waals surface area contributed by atoms with E-state index in [0.29, 0.717) is 10.9 Å². The first-order valence-corrected chi connectivity index (χ1v) is 7.36. The summed E-state index contributed by atoms with van der Waals surface area (Å²) in [6.07, 6.45) is 0. The molecule has 0 atom stereocenters. The Balaban J connectivity index is 1.77. The molecule has 1 aromatic carbocycles. The largest absolute Gasteiger partial charge is 0.375 e. The zero-order chi connectivity index (χ0) is 13.1. The number of aromatic nitrogens is 5. The molecule has 6 nitrogen and oxygen atoms in total. The van der Waals surface area contributed by atoms with Gasteiger partial charge in [-0.1, -0.05) is 30.0 Å². The number of para-hydroxylation sites is 1. The molecule has 0 amide bonds. The van der Waals surface area contributed by atoms with Crippen molar-refractivity contribution in [2.75, 3.05) is 5.73 Å². The third-order valence-corrected chi connectivity index (χ3v) is 4.04. The number of nitrogen functional groups attached to an aromatic ring is 1. The Morgan fingerprint density at radius 2 is 2.11 bits per heavy atom. The van der Waals surface area contributed by atoms with Crippen molar-refractivity contribution in [3.8, 4) is 5.69 Å². The van der Waals surface area contributed by atoms with Crippen LogP contribution in [0.5, 0.6) is 0 Å². The first kappa shape index (κ1) is 12.1. The number of thioether (sulfide) groups is 1. The van der Waals surface area contributed by atoms with Crippen LogP contribution in [0.3, 0.4) is 0 Å². The number of benzene rings is 1. The van der Waals surface area contributed by atoms with Crippen LogP contribution < -0.4 is 5.73 Å². The van der Waals surface area contributed by atoms with Gasteiger partial charge in [0.15, 0.2) is 5.13 Å². The van der Waals surface area contributed by atoms with E-state index in [1.807, 2.05) is 35.7 Å². The standard InChI is InChI=1S/C11H10N6S2/c12-10-13-8(6-18-10)7-19-11-14-15-16-17(11)9-4-2-1-3-5-9/h1-6H,7H2,(H2,12,13). The van der Waals surface area contributed by atoms with Gasteiger partial charge in [-0.2, -0.15) is 4.68 Å². The summed E-state index contributed by atoms with van der Waals surface area (Å²) in [4.78, 5) is 4.21. The summed E-state index contributed by atoms with van der Waals surface area (Å²) in [6, 6.07) is 9.78. The monoisotopic (exact) mass is 290 g/mol. The van der Waals surface area contributed by atoms with Gasteiger partial charge >= 0.3 is 0 Å². The Morgan fingerprint density at radius 1 is 1.26 bits per heavy atom. The molecule has 0 bridgehead atoms. The average molecular weight is 290 g/mol. The van der Waals surface area contributed by atoms with Gasteiger partial charge in [-0.3, -0.25) is 0 Å². The van der Waals surface area contributed by atoms with Gasteiger partial charge in [0.1, 0.15) is 0 Å². The van der Waals surface area contributed by atoms with E-state index < -0.39 is 0 Å². The molecule has 19 heavy (non-hydrogen) atoms. The minimum Gasteiger partial charge on any atom is -0.375 e. The summed E-state index contributed by atoms with van der Waals surface area (Å²) in [6.45, 7) is 0. The Hall–Kier alpha value is -1.93. The highest BCUT2D eigenvalue weighted by Gasteiger charge is 2.09. The van der Waals surface area contributed by atoms with Crippen LogP contribution in [0.25, 0.3) is 5.69 Å². The Kier molecular flexibility index (Phi) is 3.43. The maximum atomic E-state index is 5.60. The van der Waals surface area contributed by atoms with Crippen molar-refractivity contribution in [1.82, 2.24) is 25.2 Å². The van der Waals surface area contributed by atoms with Crippen LogP contribution in [0.1, 0.15) is 5.69 Å². The SMILES string of the molecule is Nc1nc(CSc2nnnn2-c2ccccc2)cs1. The number of thiazole rings is 1. The van der Waals surface area contributed by atoms with E-state index in [2.05, 4.69) is 20.5 Å². The lowest BCUT2D eigenvalue weighted by Gasteiger charge is -2.02. The highest BCUT2D eigenvalue weighted by Crippen LogP contribution is 2.23. The molecule has 2 aromatic heterocycles. The van der Waals surface area contributed by atoms with E-state index in [-0.39, 0.29) is 0 Å². The molecule has 3 rings (SSSR count). The lowest BCUT2D eigenvalue weighted by Crippen LogP contribution is -1.98. The molecule has 0 fully saturated rings. The maximum Gasteiger partial charge on any atom is 0.214 e. The van der Waals surface area contributed by atoms with Crippen molar-refractivity contribution in [2.45, 2.75) is 10.9 Å². The van der Waals surface area contributed by atoms with Crippen LogP contribution in [-0.4, -0.2) is 25.2 Å². The van der Waals surface area contributed by atoms with E-state index in [9.17, 15) is 0 Å². The van der Waals surface area contributed by atoms with E-state index in [1.54, 1.807) is 4.68 Å².